The summed E-state index contributed by atoms with van der Waals surface area (Å²) in [5.41, 5.74) is 3.11. The Bertz CT molecular complexity index is 714. The molecule has 0 atom stereocenters. The summed E-state index contributed by atoms with van der Waals surface area (Å²) in [5.74, 6) is 1.69. The lowest BCUT2D eigenvalue weighted by molar-refractivity contribution is 0.422. The summed E-state index contributed by atoms with van der Waals surface area (Å²) < 4.78 is 6.00. The molecule has 1 heterocycles. The van der Waals surface area contributed by atoms with Gasteiger partial charge in [0, 0.05) is 5.69 Å². The van der Waals surface area contributed by atoms with Crippen LogP contribution in [0.5, 0.6) is 5.75 Å². The molecular weight excluding hydrogens is 306 g/mol. The SMILES string of the molecule is C=C/C=C1\C(=C/C)Oc2ccccc2N1c1ccccc1.CC.CC. The monoisotopic (exact) mass is 335 g/mol. The molecule has 0 spiro atoms. The largest absolute Gasteiger partial charge is 0.453 e. The van der Waals surface area contributed by atoms with Crippen molar-refractivity contribution in [3.05, 3.63) is 90.9 Å². The van der Waals surface area contributed by atoms with Crippen molar-refractivity contribution < 1.29 is 4.74 Å². The maximum atomic E-state index is 6.00. The molecule has 2 nitrogen and oxygen atoms in total. The first kappa shape index (κ1) is 20.3. The zero-order valence-corrected chi connectivity index (χ0v) is 16.0. The van der Waals surface area contributed by atoms with Gasteiger partial charge >= 0.3 is 0 Å². The Kier molecular flexibility index (Phi) is 8.87. The normalized spacial score (nSPS) is 15.2. The number of fused-ring (bicyclic) bond motifs is 1. The molecule has 2 aromatic rings. The van der Waals surface area contributed by atoms with Crippen LogP contribution in [0.4, 0.5) is 11.4 Å². The van der Waals surface area contributed by atoms with Crippen molar-refractivity contribution in [3.8, 4) is 5.75 Å². The summed E-state index contributed by atoms with van der Waals surface area (Å²) in [7, 11) is 0. The van der Waals surface area contributed by atoms with Crippen LogP contribution >= 0.6 is 0 Å². The third-order valence-corrected chi connectivity index (χ3v) is 3.37. The first-order valence-electron chi connectivity index (χ1n) is 8.96. The van der Waals surface area contributed by atoms with Crippen LogP contribution in [0.2, 0.25) is 0 Å². The summed E-state index contributed by atoms with van der Waals surface area (Å²) in [4.78, 5) is 2.19. The average Bonchev–Trinajstić information content (AvgIpc) is 2.71. The van der Waals surface area contributed by atoms with E-state index in [1.165, 1.54) is 0 Å². The second-order valence-electron chi connectivity index (χ2n) is 4.68. The molecule has 1 aliphatic heterocycles. The third kappa shape index (κ3) is 4.63. The summed E-state index contributed by atoms with van der Waals surface area (Å²) in [5, 5.41) is 0. The molecule has 0 amide bonds. The third-order valence-electron chi connectivity index (χ3n) is 3.37. The number of rotatable bonds is 2. The topological polar surface area (TPSA) is 12.5 Å². The van der Waals surface area contributed by atoms with Gasteiger partial charge in [-0.3, -0.25) is 0 Å². The fourth-order valence-electron chi connectivity index (χ4n) is 2.47. The number of benzene rings is 2. The van der Waals surface area contributed by atoms with Crippen LogP contribution in [0.3, 0.4) is 0 Å². The molecular formula is C23H29NO. The van der Waals surface area contributed by atoms with Crippen LogP contribution in [0.25, 0.3) is 0 Å². The molecule has 132 valence electrons. The first-order valence-corrected chi connectivity index (χ1v) is 8.96. The smallest absolute Gasteiger partial charge is 0.151 e. The minimum atomic E-state index is 0.831. The van der Waals surface area contributed by atoms with E-state index in [4.69, 9.17) is 4.74 Å². The van der Waals surface area contributed by atoms with E-state index >= 15 is 0 Å². The lowest BCUT2D eigenvalue weighted by Gasteiger charge is -2.34. The van der Waals surface area contributed by atoms with Gasteiger partial charge in [0.1, 0.15) is 5.76 Å². The summed E-state index contributed by atoms with van der Waals surface area (Å²) in [6.07, 6.45) is 5.73. The lowest BCUT2D eigenvalue weighted by atomic mass is 10.1. The highest BCUT2D eigenvalue weighted by atomic mass is 16.5. The van der Waals surface area contributed by atoms with Gasteiger partial charge in [0.15, 0.2) is 5.75 Å². The number of ether oxygens (including phenoxy) is 1. The van der Waals surface area contributed by atoms with Gasteiger partial charge in [0.2, 0.25) is 0 Å². The molecule has 0 fully saturated rings. The molecule has 0 saturated carbocycles. The van der Waals surface area contributed by atoms with E-state index < -0.39 is 0 Å². The van der Waals surface area contributed by atoms with Gasteiger partial charge in [-0.2, -0.15) is 0 Å². The van der Waals surface area contributed by atoms with E-state index in [9.17, 15) is 0 Å². The molecule has 2 aromatic carbocycles. The van der Waals surface area contributed by atoms with Crippen molar-refractivity contribution in [1.82, 2.24) is 0 Å². The molecule has 2 heteroatoms. The van der Waals surface area contributed by atoms with E-state index in [1.807, 2.05) is 83.2 Å². The predicted octanol–water partition coefficient (Wildman–Crippen LogP) is 7.24. The molecule has 0 unspecified atom stereocenters. The Labute approximate surface area is 152 Å². The van der Waals surface area contributed by atoms with Crippen molar-refractivity contribution in [2.45, 2.75) is 34.6 Å². The minimum Gasteiger partial charge on any atom is -0.453 e. The standard InChI is InChI=1S/C19H17NO.2C2H6/c1-3-10-16-18(4-2)21-19-14-9-8-13-17(19)20(16)15-11-6-5-7-12-15;2*1-2/h3-14H,1H2,2H3;2*1-2H3/b16-10+,18-4+;;. The van der Waals surface area contributed by atoms with Gasteiger partial charge in [0.25, 0.3) is 0 Å². The van der Waals surface area contributed by atoms with E-state index in [1.54, 1.807) is 6.08 Å². The lowest BCUT2D eigenvalue weighted by Crippen LogP contribution is -2.25. The Morgan fingerprint density at radius 3 is 2.08 bits per heavy atom. The van der Waals surface area contributed by atoms with Gasteiger partial charge in [-0.05, 0) is 43.3 Å². The fourth-order valence-corrected chi connectivity index (χ4v) is 2.47. The molecule has 0 N–H and O–H groups in total. The number of nitrogens with zero attached hydrogens (tertiary/aromatic N) is 1. The van der Waals surface area contributed by atoms with E-state index in [0.29, 0.717) is 0 Å². The van der Waals surface area contributed by atoms with Crippen LogP contribution < -0.4 is 9.64 Å². The first-order chi connectivity index (χ1) is 12.3. The highest BCUT2D eigenvalue weighted by Gasteiger charge is 2.26. The van der Waals surface area contributed by atoms with Gasteiger partial charge in [-0.15, -0.1) is 0 Å². The highest BCUT2D eigenvalue weighted by Crippen LogP contribution is 2.43. The van der Waals surface area contributed by atoms with Crippen LogP contribution in [-0.4, -0.2) is 0 Å². The zero-order valence-electron chi connectivity index (χ0n) is 16.0. The number of hydrogen-bond donors (Lipinski definition) is 0. The van der Waals surface area contributed by atoms with Crippen LogP contribution in [0.15, 0.2) is 90.9 Å². The second-order valence-corrected chi connectivity index (χ2v) is 4.68. The van der Waals surface area contributed by atoms with Crippen molar-refractivity contribution in [3.63, 3.8) is 0 Å². The summed E-state index contributed by atoms with van der Waals surface area (Å²) in [6.45, 7) is 13.8. The highest BCUT2D eigenvalue weighted by molar-refractivity contribution is 5.78. The maximum Gasteiger partial charge on any atom is 0.151 e. The number of hydrogen-bond acceptors (Lipinski definition) is 2. The fraction of sp³-hybridized carbons (Fsp3) is 0.217. The van der Waals surface area contributed by atoms with Crippen LogP contribution in [0.1, 0.15) is 34.6 Å². The summed E-state index contributed by atoms with van der Waals surface area (Å²) >= 11 is 0. The van der Waals surface area contributed by atoms with E-state index in [0.717, 1.165) is 28.6 Å². The van der Waals surface area contributed by atoms with Crippen molar-refractivity contribution >= 4 is 11.4 Å². The number of allylic oxidation sites excluding steroid dienone is 3. The average molecular weight is 335 g/mol. The molecule has 3 rings (SSSR count). The van der Waals surface area contributed by atoms with Crippen molar-refractivity contribution in [2.75, 3.05) is 4.90 Å². The summed E-state index contributed by atoms with van der Waals surface area (Å²) in [6, 6.07) is 18.3. The maximum absolute atomic E-state index is 6.00. The molecule has 0 saturated heterocycles. The quantitative estimate of drug-likeness (QED) is 0.573. The molecule has 0 bridgehead atoms. The van der Waals surface area contributed by atoms with Crippen molar-refractivity contribution in [2.24, 2.45) is 0 Å². The molecule has 0 aliphatic carbocycles. The van der Waals surface area contributed by atoms with Gasteiger partial charge in [-0.1, -0.05) is 70.7 Å². The predicted molar refractivity (Wildman–Crippen MR) is 110 cm³/mol. The van der Waals surface area contributed by atoms with Gasteiger partial charge < -0.3 is 9.64 Å². The molecule has 25 heavy (non-hydrogen) atoms. The van der Waals surface area contributed by atoms with Gasteiger partial charge in [-0.25, -0.2) is 0 Å². The molecule has 0 radical (unpaired) electrons. The Morgan fingerprint density at radius 2 is 1.48 bits per heavy atom. The Hall–Kier alpha value is -2.74. The number of para-hydroxylation sites is 3. The molecule has 0 aromatic heterocycles. The van der Waals surface area contributed by atoms with Crippen LogP contribution in [0, 0.1) is 0 Å². The Morgan fingerprint density at radius 1 is 0.880 bits per heavy atom. The van der Waals surface area contributed by atoms with E-state index in [-0.39, 0.29) is 0 Å². The second kappa shape index (κ2) is 10.9. The molecule has 1 aliphatic rings. The van der Waals surface area contributed by atoms with Gasteiger partial charge in [0.05, 0.1) is 11.4 Å². The minimum absolute atomic E-state index is 0.831. The van der Waals surface area contributed by atoms with E-state index in [2.05, 4.69) is 29.7 Å². The zero-order chi connectivity index (χ0) is 18.7. The van der Waals surface area contributed by atoms with Crippen molar-refractivity contribution in [1.29, 1.82) is 0 Å². The van der Waals surface area contributed by atoms with Crippen LogP contribution in [-0.2, 0) is 0 Å². The Balaban J connectivity index is 0.000000730. The number of anilines is 2.